The van der Waals surface area contributed by atoms with Crippen molar-refractivity contribution in [2.24, 2.45) is 11.0 Å². The van der Waals surface area contributed by atoms with Crippen LogP contribution in [0.15, 0.2) is 17.2 Å². The predicted octanol–water partition coefficient (Wildman–Crippen LogP) is 2.43. The molecule has 2 N–H and O–H groups in total. The van der Waals surface area contributed by atoms with Crippen molar-refractivity contribution in [3.05, 3.63) is 28.3 Å². The summed E-state index contributed by atoms with van der Waals surface area (Å²) in [5.74, 6) is -0.139. The summed E-state index contributed by atoms with van der Waals surface area (Å²) in [5, 5.41) is 7.47. The average Bonchev–Trinajstić information content (AvgIpc) is 2.62. The number of amides is 2. The molecule has 0 saturated carbocycles. The van der Waals surface area contributed by atoms with Gasteiger partial charge in [0.2, 0.25) is 11.8 Å². The molecule has 2 heterocycles. The van der Waals surface area contributed by atoms with Crippen molar-refractivity contribution in [2.75, 3.05) is 5.32 Å². The van der Waals surface area contributed by atoms with Gasteiger partial charge in [-0.1, -0.05) is 18.5 Å². The van der Waals surface area contributed by atoms with E-state index in [4.69, 9.17) is 11.6 Å². The van der Waals surface area contributed by atoms with Crippen LogP contribution in [0.1, 0.15) is 38.3 Å². The molecule has 0 unspecified atom stereocenters. The number of hydrazone groups is 1. The van der Waals surface area contributed by atoms with Crippen LogP contribution in [0.2, 0.25) is 5.02 Å². The Hall–Kier alpha value is -1.88. The molecule has 1 aromatic rings. The molecule has 1 atom stereocenters. The quantitative estimate of drug-likeness (QED) is 0.836. The van der Waals surface area contributed by atoms with Gasteiger partial charge in [0.15, 0.2) is 0 Å². The van der Waals surface area contributed by atoms with Gasteiger partial charge in [0, 0.05) is 12.3 Å². The van der Waals surface area contributed by atoms with Gasteiger partial charge in [0.05, 0.1) is 21.8 Å². The molecule has 0 spiro atoms. The molecule has 21 heavy (non-hydrogen) atoms. The van der Waals surface area contributed by atoms with Gasteiger partial charge in [-0.25, -0.2) is 5.43 Å². The molecule has 0 aliphatic carbocycles. The Labute approximate surface area is 127 Å². The van der Waals surface area contributed by atoms with Gasteiger partial charge >= 0.3 is 0 Å². The number of nitrogens with zero attached hydrogens (tertiary/aromatic N) is 1. The zero-order chi connectivity index (χ0) is 15.4. The zero-order valence-electron chi connectivity index (χ0n) is 12.1. The van der Waals surface area contributed by atoms with E-state index in [2.05, 4.69) is 15.8 Å². The maximum atomic E-state index is 12.0. The normalized spacial score (nSPS) is 23.2. The van der Waals surface area contributed by atoms with Crippen molar-refractivity contribution in [3.8, 4) is 0 Å². The number of carbonyl (C=O) groups excluding carboxylic acids is 2. The molecule has 0 aromatic heterocycles. The molecule has 0 saturated heterocycles. The van der Waals surface area contributed by atoms with Gasteiger partial charge in [-0.3, -0.25) is 9.59 Å². The topological polar surface area (TPSA) is 70.6 Å². The van der Waals surface area contributed by atoms with E-state index < -0.39 is 5.41 Å². The van der Waals surface area contributed by atoms with Crippen molar-refractivity contribution in [2.45, 2.75) is 32.6 Å². The first-order chi connectivity index (χ1) is 9.80. The van der Waals surface area contributed by atoms with E-state index in [-0.39, 0.29) is 17.7 Å². The van der Waals surface area contributed by atoms with Gasteiger partial charge < -0.3 is 5.32 Å². The number of benzene rings is 1. The van der Waals surface area contributed by atoms with Crippen molar-refractivity contribution >= 4 is 34.8 Å². The highest BCUT2D eigenvalue weighted by atomic mass is 35.5. The maximum absolute atomic E-state index is 12.0. The molecule has 5 nitrogen and oxygen atoms in total. The number of rotatable bonds is 1. The zero-order valence-corrected chi connectivity index (χ0v) is 12.8. The Kier molecular flexibility index (Phi) is 3.06. The maximum Gasteiger partial charge on any atom is 0.240 e. The fraction of sp³-hybridized carbons (Fsp3) is 0.400. The second kappa shape index (κ2) is 4.56. The van der Waals surface area contributed by atoms with Crippen LogP contribution < -0.4 is 10.7 Å². The Morgan fingerprint density at radius 2 is 2.05 bits per heavy atom. The predicted molar refractivity (Wildman–Crippen MR) is 81.6 cm³/mol. The Morgan fingerprint density at radius 3 is 2.71 bits per heavy atom. The first-order valence-corrected chi connectivity index (χ1v) is 7.20. The monoisotopic (exact) mass is 305 g/mol. The van der Waals surface area contributed by atoms with Crippen LogP contribution in [0.5, 0.6) is 0 Å². The number of halogens is 1. The highest BCUT2D eigenvalue weighted by Crippen LogP contribution is 2.42. The van der Waals surface area contributed by atoms with E-state index >= 15 is 0 Å². The van der Waals surface area contributed by atoms with Gasteiger partial charge in [0.25, 0.3) is 0 Å². The van der Waals surface area contributed by atoms with E-state index in [0.717, 1.165) is 16.8 Å². The summed E-state index contributed by atoms with van der Waals surface area (Å²) < 4.78 is 0. The molecule has 6 heteroatoms. The third-order valence-corrected chi connectivity index (χ3v) is 4.42. The van der Waals surface area contributed by atoms with Crippen LogP contribution in [0.25, 0.3) is 0 Å². The van der Waals surface area contributed by atoms with Crippen molar-refractivity contribution in [1.29, 1.82) is 0 Å². The summed E-state index contributed by atoms with van der Waals surface area (Å²) in [6, 6.07) is 3.72. The molecule has 0 fully saturated rings. The molecule has 1 aromatic carbocycles. The van der Waals surface area contributed by atoms with Crippen LogP contribution in [0, 0.1) is 5.92 Å². The number of nitrogens with one attached hydrogen (secondary N) is 2. The van der Waals surface area contributed by atoms with Gasteiger partial charge in [-0.05, 0) is 37.1 Å². The van der Waals surface area contributed by atoms with Crippen LogP contribution in [0.3, 0.4) is 0 Å². The van der Waals surface area contributed by atoms with Crippen molar-refractivity contribution in [1.82, 2.24) is 5.43 Å². The summed E-state index contributed by atoms with van der Waals surface area (Å²) in [5.41, 5.74) is 5.04. The van der Waals surface area contributed by atoms with E-state index in [1.165, 1.54) is 0 Å². The van der Waals surface area contributed by atoms with Gasteiger partial charge in [-0.15, -0.1) is 0 Å². The van der Waals surface area contributed by atoms with Gasteiger partial charge in [0.1, 0.15) is 0 Å². The van der Waals surface area contributed by atoms with Gasteiger partial charge in [-0.2, -0.15) is 5.10 Å². The second-order valence-electron chi connectivity index (χ2n) is 6.10. The summed E-state index contributed by atoms with van der Waals surface area (Å²) in [6.07, 6.45) is 0.397. The number of anilines is 1. The van der Waals surface area contributed by atoms with E-state index in [9.17, 15) is 9.59 Å². The Balaban J connectivity index is 2.12. The number of hydrogen-bond acceptors (Lipinski definition) is 3. The van der Waals surface area contributed by atoms with Crippen LogP contribution in [-0.4, -0.2) is 17.5 Å². The number of fused-ring (bicyclic) bond motifs is 1. The van der Waals surface area contributed by atoms with Crippen molar-refractivity contribution in [3.63, 3.8) is 0 Å². The summed E-state index contributed by atoms with van der Waals surface area (Å²) >= 11 is 6.31. The fourth-order valence-corrected chi connectivity index (χ4v) is 3.04. The highest BCUT2D eigenvalue weighted by Gasteiger charge is 2.40. The molecule has 0 bridgehead atoms. The summed E-state index contributed by atoms with van der Waals surface area (Å²) in [4.78, 5) is 23.4. The lowest BCUT2D eigenvalue weighted by Gasteiger charge is -2.21. The first-order valence-electron chi connectivity index (χ1n) is 6.83. The molecular formula is C15H16ClN3O2. The molecule has 110 valence electrons. The number of carbonyl (C=O) groups is 2. The summed E-state index contributed by atoms with van der Waals surface area (Å²) in [7, 11) is 0. The SMILES string of the molecule is C[C@@H]1CC(=O)NN=C1c1cc(Cl)c2c(c1)C(C)(C)C(=O)N2. The minimum absolute atomic E-state index is 0.0149. The fourth-order valence-electron chi connectivity index (χ4n) is 2.77. The molecule has 0 radical (unpaired) electrons. The summed E-state index contributed by atoms with van der Waals surface area (Å²) in [6.45, 7) is 5.68. The Bertz CT molecular complexity index is 694. The standard InChI is InChI=1S/C15H16ClN3O2/c1-7-4-11(20)18-19-12(7)8-5-9-13(10(16)6-8)17-14(21)15(9,2)3/h5-7H,4H2,1-3H3,(H,17,21)(H,18,20)/t7-/m1/s1. The third kappa shape index (κ3) is 2.12. The minimum atomic E-state index is -0.628. The first kappa shape index (κ1) is 14.1. The largest absolute Gasteiger partial charge is 0.324 e. The molecule has 2 amide bonds. The number of hydrogen-bond donors (Lipinski definition) is 2. The van der Waals surface area contributed by atoms with E-state index in [1.54, 1.807) is 6.07 Å². The lowest BCUT2D eigenvalue weighted by atomic mass is 9.83. The van der Waals surface area contributed by atoms with Crippen LogP contribution >= 0.6 is 11.6 Å². The average molecular weight is 306 g/mol. The lowest BCUT2D eigenvalue weighted by molar-refractivity contribution is -0.122. The van der Waals surface area contributed by atoms with Crippen LogP contribution in [0.4, 0.5) is 5.69 Å². The highest BCUT2D eigenvalue weighted by molar-refractivity contribution is 6.35. The van der Waals surface area contributed by atoms with Crippen LogP contribution in [-0.2, 0) is 15.0 Å². The lowest BCUT2D eigenvalue weighted by Crippen LogP contribution is -2.32. The molecule has 2 aliphatic rings. The molecule has 3 rings (SSSR count). The minimum Gasteiger partial charge on any atom is -0.324 e. The molecule has 2 aliphatic heterocycles. The van der Waals surface area contributed by atoms with Crippen molar-refractivity contribution < 1.29 is 9.59 Å². The molecular weight excluding hydrogens is 290 g/mol. The Morgan fingerprint density at radius 1 is 1.33 bits per heavy atom. The third-order valence-electron chi connectivity index (χ3n) is 4.12. The van der Waals surface area contributed by atoms with E-state index in [0.29, 0.717) is 17.1 Å². The second-order valence-corrected chi connectivity index (χ2v) is 6.50. The smallest absolute Gasteiger partial charge is 0.240 e. The van der Waals surface area contributed by atoms with E-state index in [1.807, 2.05) is 26.8 Å².